The van der Waals surface area contributed by atoms with Gasteiger partial charge < -0.3 is 0 Å². The van der Waals surface area contributed by atoms with Gasteiger partial charge in [-0.2, -0.15) is 5.10 Å². The second kappa shape index (κ2) is 3.59. The van der Waals surface area contributed by atoms with Crippen LogP contribution in [-0.2, 0) is 0 Å². The zero-order chi connectivity index (χ0) is 9.26. The molecule has 0 unspecified atom stereocenters. The maximum atomic E-state index is 10.8. The second-order valence-electron chi connectivity index (χ2n) is 2.43. The topological polar surface area (TPSA) is 45.8 Å². The predicted octanol–water partition coefficient (Wildman–Crippen LogP) is 2.10. The summed E-state index contributed by atoms with van der Waals surface area (Å²) in [5, 5.41) is 7.04. The average Bonchev–Trinajstić information content (AvgIpc) is 2.52. The molecule has 0 saturated carbocycles. The van der Waals surface area contributed by atoms with E-state index in [1.165, 1.54) is 0 Å². The van der Waals surface area contributed by atoms with Crippen LogP contribution in [0.25, 0.3) is 10.6 Å². The first-order valence-corrected chi connectivity index (χ1v) is 5.47. The molecule has 3 nitrogen and oxygen atoms in total. The molecule has 0 aliphatic rings. The minimum absolute atomic E-state index is 0.117. The third-order valence-electron chi connectivity index (χ3n) is 1.51. The van der Waals surface area contributed by atoms with Crippen LogP contribution in [0, 0.1) is 3.57 Å². The third kappa shape index (κ3) is 1.97. The van der Waals surface area contributed by atoms with Crippen molar-refractivity contribution in [2.24, 2.45) is 0 Å². The summed E-state index contributed by atoms with van der Waals surface area (Å²) in [7, 11) is 0. The van der Waals surface area contributed by atoms with E-state index in [-0.39, 0.29) is 4.87 Å². The van der Waals surface area contributed by atoms with Crippen molar-refractivity contribution in [1.82, 2.24) is 10.2 Å². The monoisotopic (exact) mass is 304 g/mol. The highest BCUT2D eigenvalue weighted by Crippen LogP contribution is 2.20. The van der Waals surface area contributed by atoms with Crippen LogP contribution >= 0.6 is 33.9 Å². The number of hydrogen-bond donors (Lipinski definition) is 1. The van der Waals surface area contributed by atoms with Crippen molar-refractivity contribution in [3.63, 3.8) is 0 Å². The summed E-state index contributed by atoms with van der Waals surface area (Å²) in [6, 6.07) is 7.88. The van der Waals surface area contributed by atoms with E-state index in [9.17, 15) is 4.79 Å². The van der Waals surface area contributed by atoms with Crippen LogP contribution in [0.3, 0.4) is 0 Å². The van der Waals surface area contributed by atoms with Crippen molar-refractivity contribution >= 4 is 33.9 Å². The molecule has 66 valence electrons. The molecule has 1 N–H and O–H groups in total. The summed E-state index contributed by atoms with van der Waals surface area (Å²) in [6.07, 6.45) is 0. The fourth-order valence-corrected chi connectivity index (χ4v) is 2.12. The average molecular weight is 304 g/mol. The highest BCUT2D eigenvalue weighted by Gasteiger charge is 2.02. The van der Waals surface area contributed by atoms with E-state index in [4.69, 9.17) is 0 Å². The first kappa shape index (κ1) is 8.89. The Labute approximate surface area is 92.0 Å². The first-order valence-electron chi connectivity index (χ1n) is 3.57. The summed E-state index contributed by atoms with van der Waals surface area (Å²) in [5.74, 6) is 0. The molecule has 0 amide bonds. The fraction of sp³-hybridized carbons (Fsp3) is 0. The Morgan fingerprint density at radius 1 is 1.46 bits per heavy atom. The van der Waals surface area contributed by atoms with Gasteiger partial charge in [0.15, 0.2) is 0 Å². The molecule has 0 fully saturated rings. The molecule has 2 rings (SSSR count). The third-order valence-corrected chi connectivity index (χ3v) is 2.98. The molecule has 0 aliphatic carbocycles. The number of nitrogens with one attached hydrogen (secondary N) is 1. The van der Waals surface area contributed by atoms with Gasteiger partial charge in [0.1, 0.15) is 5.01 Å². The van der Waals surface area contributed by atoms with Crippen LogP contribution in [0.1, 0.15) is 0 Å². The Hall–Kier alpha value is -0.690. The van der Waals surface area contributed by atoms with Crippen LogP contribution in [0.2, 0.25) is 0 Å². The Morgan fingerprint density at radius 3 is 2.92 bits per heavy atom. The van der Waals surface area contributed by atoms with Gasteiger partial charge in [-0.3, -0.25) is 4.79 Å². The van der Waals surface area contributed by atoms with Crippen molar-refractivity contribution in [3.8, 4) is 10.6 Å². The molecule has 0 spiro atoms. The lowest BCUT2D eigenvalue weighted by Gasteiger charge is -1.94. The van der Waals surface area contributed by atoms with Crippen LogP contribution in [0.15, 0.2) is 29.1 Å². The van der Waals surface area contributed by atoms with Gasteiger partial charge in [-0.25, -0.2) is 5.10 Å². The van der Waals surface area contributed by atoms with Crippen molar-refractivity contribution < 1.29 is 0 Å². The van der Waals surface area contributed by atoms with Gasteiger partial charge in [-0.05, 0) is 34.7 Å². The minimum atomic E-state index is -0.117. The lowest BCUT2D eigenvalue weighted by molar-refractivity contribution is 1.06. The molecule has 0 aliphatic heterocycles. The van der Waals surface area contributed by atoms with Crippen molar-refractivity contribution in [2.45, 2.75) is 0 Å². The van der Waals surface area contributed by atoms with E-state index in [2.05, 4.69) is 32.8 Å². The SMILES string of the molecule is O=c1[nH]nc(-c2cccc(I)c2)s1. The van der Waals surface area contributed by atoms with Gasteiger partial charge in [0, 0.05) is 9.13 Å². The largest absolute Gasteiger partial charge is 0.322 e. The molecule has 1 aromatic carbocycles. The zero-order valence-electron chi connectivity index (χ0n) is 6.45. The van der Waals surface area contributed by atoms with Crippen LogP contribution in [-0.4, -0.2) is 10.2 Å². The molecule has 0 bridgehead atoms. The summed E-state index contributed by atoms with van der Waals surface area (Å²) in [4.78, 5) is 10.7. The van der Waals surface area contributed by atoms with Gasteiger partial charge in [-0.1, -0.05) is 23.5 Å². The van der Waals surface area contributed by atoms with E-state index >= 15 is 0 Å². The van der Waals surface area contributed by atoms with E-state index in [1.807, 2.05) is 24.3 Å². The Bertz CT molecular complexity index is 477. The summed E-state index contributed by atoms with van der Waals surface area (Å²) < 4.78 is 1.14. The van der Waals surface area contributed by atoms with E-state index in [1.54, 1.807) is 0 Å². The quantitative estimate of drug-likeness (QED) is 0.820. The number of hydrogen-bond acceptors (Lipinski definition) is 3. The smallest absolute Gasteiger partial charge is 0.255 e. The van der Waals surface area contributed by atoms with Crippen molar-refractivity contribution in [2.75, 3.05) is 0 Å². The lowest BCUT2D eigenvalue weighted by atomic mass is 10.2. The number of aromatic amines is 1. The predicted molar refractivity (Wildman–Crippen MR) is 60.9 cm³/mol. The fourth-order valence-electron chi connectivity index (χ4n) is 0.975. The van der Waals surface area contributed by atoms with Crippen LogP contribution in [0.5, 0.6) is 0 Å². The summed E-state index contributed by atoms with van der Waals surface area (Å²) in [6.45, 7) is 0. The molecule has 0 atom stereocenters. The molecule has 1 aromatic heterocycles. The van der Waals surface area contributed by atoms with Gasteiger partial charge in [-0.15, -0.1) is 0 Å². The number of halogens is 1. The van der Waals surface area contributed by atoms with E-state index < -0.39 is 0 Å². The normalized spacial score (nSPS) is 10.2. The summed E-state index contributed by atoms with van der Waals surface area (Å²) in [5.41, 5.74) is 0.982. The van der Waals surface area contributed by atoms with Crippen LogP contribution in [0.4, 0.5) is 0 Å². The number of rotatable bonds is 1. The first-order chi connectivity index (χ1) is 6.25. The number of H-pyrrole nitrogens is 1. The summed E-state index contributed by atoms with van der Waals surface area (Å²) >= 11 is 3.35. The molecular formula is C8H5IN2OS. The zero-order valence-corrected chi connectivity index (χ0v) is 9.43. The Balaban J connectivity index is 2.52. The molecular weight excluding hydrogens is 299 g/mol. The van der Waals surface area contributed by atoms with E-state index in [0.29, 0.717) is 0 Å². The van der Waals surface area contributed by atoms with Gasteiger partial charge >= 0.3 is 4.87 Å². The van der Waals surface area contributed by atoms with Crippen molar-refractivity contribution in [1.29, 1.82) is 0 Å². The van der Waals surface area contributed by atoms with E-state index in [0.717, 1.165) is 25.5 Å². The highest BCUT2D eigenvalue weighted by atomic mass is 127. The standard InChI is InChI=1S/C8H5IN2OS/c9-6-3-1-2-5(4-6)7-10-11-8(12)13-7/h1-4H,(H,11,12). The lowest BCUT2D eigenvalue weighted by Crippen LogP contribution is -1.90. The Kier molecular flexibility index (Phi) is 2.45. The number of aromatic nitrogens is 2. The number of nitrogens with zero attached hydrogens (tertiary/aromatic N) is 1. The van der Waals surface area contributed by atoms with Gasteiger partial charge in [0.2, 0.25) is 0 Å². The molecule has 0 saturated heterocycles. The molecule has 2 aromatic rings. The molecule has 13 heavy (non-hydrogen) atoms. The second-order valence-corrected chi connectivity index (χ2v) is 4.64. The molecule has 1 heterocycles. The Morgan fingerprint density at radius 2 is 2.31 bits per heavy atom. The molecule has 0 radical (unpaired) electrons. The number of benzene rings is 1. The van der Waals surface area contributed by atoms with Gasteiger partial charge in [0.05, 0.1) is 0 Å². The minimum Gasteiger partial charge on any atom is -0.255 e. The van der Waals surface area contributed by atoms with Crippen molar-refractivity contribution in [3.05, 3.63) is 37.5 Å². The maximum absolute atomic E-state index is 10.8. The highest BCUT2D eigenvalue weighted by molar-refractivity contribution is 14.1. The maximum Gasteiger partial charge on any atom is 0.322 e. The van der Waals surface area contributed by atoms with Gasteiger partial charge in [0.25, 0.3) is 0 Å². The van der Waals surface area contributed by atoms with Crippen LogP contribution < -0.4 is 4.87 Å². The molecule has 5 heteroatoms.